The monoisotopic (exact) mass is 354 g/mol. The molecule has 0 aliphatic heterocycles. The smallest absolute Gasteiger partial charge is 0.175 e. The molecule has 2 rings (SSSR count). The lowest BCUT2D eigenvalue weighted by molar-refractivity contribution is 0.602. The van der Waals surface area contributed by atoms with Gasteiger partial charge in [0.1, 0.15) is 0 Å². The number of benzene rings is 2. The molecule has 0 unspecified atom stereocenters. The second kappa shape index (κ2) is 6.64. The topological polar surface area (TPSA) is 58.2 Å². The maximum atomic E-state index is 11.4. The zero-order valence-corrected chi connectivity index (χ0v) is 14.4. The summed E-state index contributed by atoms with van der Waals surface area (Å²) in [6.07, 6.45) is 1.17. The van der Waals surface area contributed by atoms with Crippen molar-refractivity contribution in [2.24, 2.45) is 0 Å². The van der Waals surface area contributed by atoms with E-state index in [-0.39, 0.29) is 4.90 Å². The normalized spacial score (nSPS) is 11.0. The number of sulfone groups is 1. The van der Waals surface area contributed by atoms with Gasteiger partial charge in [-0.05, 0) is 61.1 Å². The lowest BCUT2D eigenvalue weighted by atomic mass is 10.2. The maximum absolute atomic E-state index is 11.4. The molecule has 0 aliphatic rings. The third-order valence-electron chi connectivity index (χ3n) is 3.06. The van der Waals surface area contributed by atoms with E-state index in [9.17, 15) is 8.42 Å². The molecule has 7 heteroatoms. The van der Waals surface area contributed by atoms with Crippen molar-refractivity contribution < 1.29 is 8.42 Å². The van der Waals surface area contributed by atoms with Crippen LogP contribution in [0.25, 0.3) is 0 Å². The van der Waals surface area contributed by atoms with Crippen LogP contribution in [-0.2, 0) is 9.84 Å². The molecule has 0 heterocycles. The summed E-state index contributed by atoms with van der Waals surface area (Å²) < 4.78 is 22.8. The first-order valence-electron chi connectivity index (χ1n) is 6.40. The van der Waals surface area contributed by atoms with Crippen LogP contribution in [-0.4, -0.2) is 19.8 Å². The van der Waals surface area contributed by atoms with Crippen LogP contribution in [0.15, 0.2) is 47.4 Å². The molecule has 0 fully saturated rings. The third kappa shape index (κ3) is 4.19. The zero-order valence-electron chi connectivity index (χ0n) is 12.1. The number of hydrogen-bond acceptors (Lipinski definition) is 3. The predicted octanol–water partition coefficient (Wildman–Crippen LogP) is 3.86. The molecule has 22 heavy (non-hydrogen) atoms. The van der Waals surface area contributed by atoms with Gasteiger partial charge in [0, 0.05) is 22.7 Å². The fourth-order valence-electron chi connectivity index (χ4n) is 1.81. The molecule has 0 radical (unpaired) electrons. The molecule has 116 valence electrons. The highest BCUT2D eigenvalue weighted by atomic mass is 35.5. The highest BCUT2D eigenvalue weighted by Crippen LogP contribution is 2.23. The molecule has 2 aromatic rings. The van der Waals surface area contributed by atoms with Crippen molar-refractivity contribution in [1.82, 2.24) is 0 Å². The van der Waals surface area contributed by atoms with Gasteiger partial charge in [0.05, 0.1) is 4.90 Å². The fraction of sp³-hybridized carbons (Fsp3) is 0.133. The molecule has 0 atom stereocenters. The third-order valence-corrected chi connectivity index (χ3v) is 4.80. The van der Waals surface area contributed by atoms with E-state index in [2.05, 4.69) is 10.6 Å². The molecular weight excluding hydrogens is 340 g/mol. The Hall–Kier alpha value is -1.63. The lowest BCUT2D eigenvalue weighted by Crippen LogP contribution is -2.19. The van der Waals surface area contributed by atoms with Crippen LogP contribution in [0.5, 0.6) is 0 Å². The van der Waals surface area contributed by atoms with Gasteiger partial charge in [-0.1, -0.05) is 17.7 Å². The SMILES string of the molecule is Cc1c(Cl)cccc1NC(=S)Nc1ccc(S(C)(=O)=O)cc1. The highest BCUT2D eigenvalue weighted by molar-refractivity contribution is 7.90. The Labute approximate surface area is 140 Å². The van der Waals surface area contributed by atoms with E-state index >= 15 is 0 Å². The lowest BCUT2D eigenvalue weighted by Gasteiger charge is -2.13. The van der Waals surface area contributed by atoms with Gasteiger partial charge in [-0.15, -0.1) is 0 Å². The Morgan fingerprint density at radius 2 is 1.73 bits per heavy atom. The van der Waals surface area contributed by atoms with Crippen LogP contribution < -0.4 is 10.6 Å². The number of thiocarbonyl (C=S) groups is 1. The fourth-order valence-corrected chi connectivity index (χ4v) is 2.85. The molecule has 2 aromatic carbocycles. The summed E-state index contributed by atoms with van der Waals surface area (Å²) in [5.74, 6) is 0. The summed E-state index contributed by atoms with van der Waals surface area (Å²) >= 11 is 11.3. The minimum Gasteiger partial charge on any atom is -0.332 e. The number of nitrogens with one attached hydrogen (secondary N) is 2. The van der Waals surface area contributed by atoms with Gasteiger partial charge < -0.3 is 10.6 Å². The molecule has 4 nitrogen and oxygen atoms in total. The van der Waals surface area contributed by atoms with Crippen LogP contribution in [0.4, 0.5) is 11.4 Å². The molecule has 0 bridgehead atoms. The van der Waals surface area contributed by atoms with Crippen LogP contribution >= 0.6 is 23.8 Å². The number of halogens is 1. The van der Waals surface area contributed by atoms with Crippen molar-refractivity contribution in [2.75, 3.05) is 16.9 Å². The predicted molar refractivity (Wildman–Crippen MR) is 95.6 cm³/mol. The van der Waals surface area contributed by atoms with Crippen LogP contribution in [0.2, 0.25) is 5.02 Å². The van der Waals surface area contributed by atoms with Crippen molar-refractivity contribution in [3.63, 3.8) is 0 Å². The Morgan fingerprint density at radius 3 is 2.32 bits per heavy atom. The van der Waals surface area contributed by atoms with Crippen molar-refractivity contribution in [3.8, 4) is 0 Å². The standard InChI is InChI=1S/C15H15ClN2O2S2/c1-10-13(16)4-3-5-14(10)18-15(21)17-11-6-8-12(9-7-11)22(2,19)20/h3-9H,1-2H3,(H2,17,18,21). The number of anilines is 2. The summed E-state index contributed by atoms with van der Waals surface area (Å²) in [4.78, 5) is 0.266. The Morgan fingerprint density at radius 1 is 1.09 bits per heavy atom. The molecule has 0 aliphatic carbocycles. The van der Waals surface area contributed by atoms with E-state index in [1.54, 1.807) is 12.1 Å². The van der Waals surface area contributed by atoms with Gasteiger partial charge in [0.25, 0.3) is 0 Å². The molecule has 2 N–H and O–H groups in total. The molecule has 0 amide bonds. The summed E-state index contributed by atoms with van der Waals surface area (Å²) in [7, 11) is -3.20. The first-order chi connectivity index (χ1) is 10.3. The minimum atomic E-state index is -3.20. The Kier molecular flexibility index (Phi) is 5.05. The van der Waals surface area contributed by atoms with E-state index < -0.39 is 9.84 Å². The number of hydrogen-bond donors (Lipinski definition) is 2. The molecule has 0 spiro atoms. The Balaban J connectivity index is 2.08. The largest absolute Gasteiger partial charge is 0.332 e. The van der Waals surface area contributed by atoms with Crippen LogP contribution in [0.3, 0.4) is 0 Å². The van der Waals surface area contributed by atoms with Crippen molar-refractivity contribution in [2.45, 2.75) is 11.8 Å². The second-order valence-electron chi connectivity index (χ2n) is 4.79. The molecule has 0 saturated carbocycles. The van der Waals surface area contributed by atoms with E-state index in [1.165, 1.54) is 18.4 Å². The minimum absolute atomic E-state index is 0.266. The van der Waals surface area contributed by atoms with E-state index in [0.29, 0.717) is 15.8 Å². The van der Waals surface area contributed by atoms with Gasteiger partial charge in [0.2, 0.25) is 0 Å². The van der Waals surface area contributed by atoms with E-state index in [1.807, 2.05) is 25.1 Å². The first-order valence-corrected chi connectivity index (χ1v) is 9.08. The summed E-state index contributed by atoms with van der Waals surface area (Å²) in [6.45, 7) is 1.90. The van der Waals surface area contributed by atoms with Crippen molar-refractivity contribution in [1.29, 1.82) is 0 Å². The van der Waals surface area contributed by atoms with Crippen LogP contribution in [0.1, 0.15) is 5.56 Å². The zero-order chi connectivity index (χ0) is 16.3. The molecule has 0 aromatic heterocycles. The number of rotatable bonds is 3. The maximum Gasteiger partial charge on any atom is 0.175 e. The highest BCUT2D eigenvalue weighted by Gasteiger charge is 2.07. The summed E-state index contributed by atoms with van der Waals surface area (Å²) in [5.41, 5.74) is 2.42. The van der Waals surface area contributed by atoms with Gasteiger partial charge in [0.15, 0.2) is 14.9 Å². The van der Waals surface area contributed by atoms with E-state index in [0.717, 1.165) is 11.3 Å². The summed E-state index contributed by atoms with van der Waals surface area (Å²) in [5, 5.41) is 7.12. The van der Waals surface area contributed by atoms with E-state index in [4.69, 9.17) is 23.8 Å². The summed E-state index contributed by atoms with van der Waals surface area (Å²) in [6, 6.07) is 11.9. The van der Waals surface area contributed by atoms with Crippen LogP contribution in [0, 0.1) is 6.92 Å². The van der Waals surface area contributed by atoms with Gasteiger partial charge >= 0.3 is 0 Å². The average molecular weight is 355 g/mol. The van der Waals surface area contributed by atoms with Gasteiger partial charge in [-0.2, -0.15) is 0 Å². The quantitative estimate of drug-likeness (QED) is 0.819. The molecule has 0 saturated heterocycles. The molecular formula is C15H15ClN2O2S2. The van der Waals surface area contributed by atoms with Crippen molar-refractivity contribution in [3.05, 3.63) is 53.1 Å². The second-order valence-corrected chi connectivity index (χ2v) is 7.62. The first kappa shape index (κ1) is 16.7. The van der Waals surface area contributed by atoms with Gasteiger partial charge in [-0.3, -0.25) is 0 Å². The Bertz CT molecular complexity index is 803. The van der Waals surface area contributed by atoms with Crippen molar-refractivity contribution >= 4 is 50.1 Å². The van der Waals surface area contributed by atoms with Gasteiger partial charge in [-0.25, -0.2) is 8.42 Å². The average Bonchev–Trinajstić information content (AvgIpc) is 2.43.